The third-order valence-electron chi connectivity index (χ3n) is 7.09. The molecule has 2 aliphatic rings. The van der Waals surface area contributed by atoms with Gasteiger partial charge in [0.1, 0.15) is 19.3 Å². The first-order chi connectivity index (χ1) is 19.1. The molecular weight excluding hydrogens is 540 g/mol. The van der Waals surface area contributed by atoms with E-state index in [2.05, 4.69) is 10.1 Å². The van der Waals surface area contributed by atoms with Crippen molar-refractivity contribution in [3.8, 4) is 5.75 Å². The smallest absolute Gasteiger partial charge is 0.410 e. The largest absolute Gasteiger partial charge is 0.481 e. The number of benzene rings is 2. The fraction of sp³-hybridized carbons (Fsp3) is 0.407. The highest BCUT2D eigenvalue weighted by Crippen LogP contribution is 2.40. The molecule has 214 valence electrons. The number of carboxylic acids is 1. The first kappa shape index (κ1) is 28.8. The number of nitrogens with zero attached hydrogens (tertiary/aromatic N) is 1. The Morgan fingerprint density at radius 1 is 0.975 bits per heavy atom. The van der Waals surface area contributed by atoms with Crippen LogP contribution in [0.1, 0.15) is 37.7 Å². The molecule has 0 radical (unpaired) electrons. The van der Waals surface area contributed by atoms with Crippen LogP contribution in [-0.2, 0) is 25.7 Å². The van der Waals surface area contributed by atoms with Crippen molar-refractivity contribution in [1.82, 2.24) is 10.2 Å². The number of amides is 2. The maximum absolute atomic E-state index is 13.9. The zero-order valence-corrected chi connectivity index (χ0v) is 21.1. The molecule has 2 aliphatic heterocycles. The number of carbonyl (C=O) groups excluding carboxylic acids is 3. The van der Waals surface area contributed by atoms with Crippen LogP contribution in [0, 0.1) is 29.2 Å². The van der Waals surface area contributed by atoms with Crippen molar-refractivity contribution in [2.24, 2.45) is 5.92 Å². The molecule has 2 aromatic carbocycles. The minimum Gasteiger partial charge on any atom is -0.481 e. The predicted octanol–water partition coefficient (Wildman–Crippen LogP) is 3.73. The molecule has 2 unspecified atom stereocenters. The van der Waals surface area contributed by atoms with Crippen LogP contribution in [0.15, 0.2) is 36.4 Å². The quantitative estimate of drug-likeness (QED) is 0.332. The first-order valence-electron chi connectivity index (χ1n) is 12.6. The van der Waals surface area contributed by atoms with Crippen molar-refractivity contribution < 1.29 is 51.3 Å². The van der Waals surface area contributed by atoms with Crippen LogP contribution in [0.2, 0.25) is 0 Å². The second kappa shape index (κ2) is 12.3. The number of hydrogen-bond acceptors (Lipinski definition) is 6. The Morgan fingerprint density at radius 3 is 2.27 bits per heavy atom. The third-order valence-corrected chi connectivity index (χ3v) is 7.09. The Hall–Kier alpha value is -4.16. The summed E-state index contributed by atoms with van der Waals surface area (Å²) in [5, 5.41) is 11.6. The molecule has 40 heavy (non-hydrogen) atoms. The SMILES string of the molecule is O=C(O)C[C@H](NC(=O)C1CCC2CC[C@H]1N2C(=O)OCc1ccccc1)C(=O)COc1c(F)c(F)cc(F)c1F. The predicted molar refractivity (Wildman–Crippen MR) is 129 cm³/mol. The number of carbonyl (C=O) groups is 4. The second-order valence-corrected chi connectivity index (χ2v) is 9.64. The van der Waals surface area contributed by atoms with Gasteiger partial charge in [0.05, 0.1) is 12.3 Å². The minimum absolute atomic E-state index is 0.0364. The van der Waals surface area contributed by atoms with E-state index in [1.165, 1.54) is 4.90 Å². The Labute approximate surface area is 226 Å². The first-order valence-corrected chi connectivity index (χ1v) is 12.6. The van der Waals surface area contributed by atoms with Crippen LogP contribution in [-0.4, -0.2) is 58.5 Å². The van der Waals surface area contributed by atoms with E-state index in [-0.39, 0.29) is 18.7 Å². The number of carboxylic acid groups (broad SMARTS) is 1. The van der Waals surface area contributed by atoms with Gasteiger partial charge in [-0.25, -0.2) is 13.6 Å². The Morgan fingerprint density at radius 2 is 1.62 bits per heavy atom. The number of hydrogen-bond donors (Lipinski definition) is 2. The van der Waals surface area contributed by atoms with Crippen molar-refractivity contribution in [3.63, 3.8) is 0 Å². The van der Waals surface area contributed by atoms with Gasteiger partial charge in [-0.3, -0.25) is 14.4 Å². The Kier molecular flexibility index (Phi) is 8.90. The van der Waals surface area contributed by atoms with Crippen LogP contribution >= 0.6 is 0 Å². The average Bonchev–Trinajstić information content (AvgIpc) is 3.22. The van der Waals surface area contributed by atoms with Crippen LogP contribution in [0.4, 0.5) is 22.4 Å². The fourth-order valence-corrected chi connectivity index (χ4v) is 5.16. The standard InChI is InChI=1S/C27H26F4N2O7/c28-17-10-18(29)24(31)25(23(17)30)39-13-21(34)19(11-22(35)36)32-26(37)16-8-6-15-7-9-20(16)33(15)27(38)40-12-14-4-2-1-3-5-14/h1-5,10,15-16,19-20H,6-9,11-13H2,(H,32,37)(H,35,36)/t15?,16?,19-,20+/m0/s1. The Bertz CT molecular complexity index is 1270. The molecule has 4 rings (SSSR count). The molecule has 2 N–H and O–H groups in total. The van der Waals surface area contributed by atoms with Crippen LogP contribution < -0.4 is 10.1 Å². The lowest BCUT2D eigenvalue weighted by Crippen LogP contribution is -2.55. The lowest BCUT2D eigenvalue weighted by atomic mass is 9.89. The summed E-state index contributed by atoms with van der Waals surface area (Å²) in [5.41, 5.74) is 0.785. The molecule has 2 saturated heterocycles. The number of halogens is 4. The normalized spacial score (nSPS) is 20.5. The number of aliphatic carboxylic acids is 1. The van der Waals surface area contributed by atoms with Gasteiger partial charge < -0.3 is 24.8 Å². The summed E-state index contributed by atoms with van der Waals surface area (Å²) in [6.07, 6.45) is 0.507. The topological polar surface area (TPSA) is 122 Å². The maximum Gasteiger partial charge on any atom is 0.410 e. The second-order valence-electron chi connectivity index (χ2n) is 9.64. The van der Waals surface area contributed by atoms with E-state index in [1.54, 1.807) is 24.3 Å². The summed E-state index contributed by atoms with van der Waals surface area (Å²) in [6.45, 7) is -1.14. The van der Waals surface area contributed by atoms with E-state index in [4.69, 9.17) is 4.74 Å². The molecule has 0 aromatic heterocycles. The van der Waals surface area contributed by atoms with E-state index >= 15 is 0 Å². The number of Topliss-reactive ketones (excluding diaryl/α,β-unsaturated/α-hetero) is 1. The van der Waals surface area contributed by atoms with Crippen LogP contribution in [0.3, 0.4) is 0 Å². The molecule has 9 nitrogen and oxygen atoms in total. The van der Waals surface area contributed by atoms with Crippen molar-refractivity contribution >= 4 is 23.8 Å². The zero-order valence-electron chi connectivity index (χ0n) is 21.1. The molecule has 2 amide bonds. The monoisotopic (exact) mass is 566 g/mol. The molecule has 0 aliphatic carbocycles. The van der Waals surface area contributed by atoms with Crippen molar-refractivity contribution in [1.29, 1.82) is 0 Å². The molecule has 0 saturated carbocycles. The maximum atomic E-state index is 13.9. The summed E-state index contributed by atoms with van der Waals surface area (Å²) < 4.78 is 64.7. The number of nitrogens with one attached hydrogen (secondary N) is 1. The summed E-state index contributed by atoms with van der Waals surface area (Å²) in [6, 6.07) is 6.64. The van der Waals surface area contributed by atoms with Crippen LogP contribution in [0.25, 0.3) is 0 Å². The van der Waals surface area contributed by atoms with Gasteiger partial charge in [0.25, 0.3) is 0 Å². The molecule has 2 bridgehead atoms. The number of piperidine rings is 1. The van der Waals surface area contributed by atoms with Gasteiger partial charge in [0.2, 0.25) is 17.5 Å². The molecule has 4 atom stereocenters. The number of fused-ring (bicyclic) bond motifs is 2. The van der Waals surface area contributed by atoms with E-state index < -0.39 is 83.8 Å². The van der Waals surface area contributed by atoms with Gasteiger partial charge in [-0.05, 0) is 31.2 Å². The Balaban J connectivity index is 1.41. The van der Waals surface area contributed by atoms with Gasteiger partial charge in [0.15, 0.2) is 23.2 Å². The van der Waals surface area contributed by atoms with E-state index in [0.717, 1.165) is 5.56 Å². The van der Waals surface area contributed by atoms with Crippen LogP contribution in [0.5, 0.6) is 5.75 Å². The van der Waals surface area contributed by atoms with Gasteiger partial charge in [-0.15, -0.1) is 0 Å². The molecular formula is C27H26F4N2O7. The summed E-state index contributed by atoms with van der Waals surface area (Å²) in [4.78, 5) is 51.7. The van der Waals surface area contributed by atoms with E-state index in [1.807, 2.05) is 6.07 Å². The average molecular weight is 567 g/mol. The van der Waals surface area contributed by atoms with Gasteiger partial charge >= 0.3 is 12.1 Å². The zero-order chi connectivity index (χ0) is 29.0. The van der Waals surface area contributed by atoms with Crippen molar-refractivity contribution in [2.75, 3.05) is 6.61 Å². The molecule has 0 spiro atoms. The molecule has 2 heterocycles. The summed E-state index contributed by atoms with van der Waals surface area (Å²) >= 11 is 0. The number of rotatable bonds is 10. The highest BCUT2D eigenvalue weighted by Gasteiger charge is 2.48. The van der Waals surface area contributed by atoms with Gasteiger partial charge in [-0.2, -0.15) is 8.78 Å². The number of ether oxygens (including phenoxy) is 2. The number of ketones is 1. The highest BCUT2D eigenvalue weighted by atomic mass is 19.2. The molecule has 2 aromatic rings. The van der Waals surface area contributed by atoms with Crippen molar-refractivity contribution in [3.05, 3.63) is 65.2 Å². The summed E-state index contributed by atoms with van der Waals surface area (Å²) in [7, 11) is 0. The fourth-order valence-electron chi connectivity index (χ4n) is 5.16. The van der Waals surface area contributed by atoms with Crippen molar-refractivity contribution in [2.45, 2.75) is 56.8 Å². The van der Waals surface area contributed by atoms with Gasteiger partial charge in [-0.1, -0.05) is 30.3 Å². The minimum atomic E-state index is -1.87. The molecule has 2 fully saturated rings. The molecule has 13 heteroatoms. The van der Waals surface area contributed by atoms with E-state index in [9.17, 15) is 41.8 Å². The summed E-state index contributed by atoms with van der Waals surface area (Å²) in [5.74, 6) is -12.8. The van der Waals surface area contributed by atoms with E-state index in [0.29, 0.717) is 25.7 Å². The third kappa shape index (κ3) is 6.35. The highest BCUT2D eigenvalue weighted by molar-refractivity contribution is 5.93. The lowest BCUT2D eigenvalue weighted by molar-refractivity contribution is -0.141. The lowest BCUT2D eigenvalue weighted by Gasteiger charge is -2.38. The van der Waals surface area contributed by atoms with Gasteiger partial charge in [0, 0.05) is 18.2 Å².